The quantitative estimate of drug-likeness (QED) is 0.846. The first-order chi connectivity index (χ1) is 11.3. The monoisotopic (exact) mass is 333 g/mol. The number of carbonyl (C=O) groups is 2. The second kappa shape index (κ2) is 5.96. The third kappa shape index (κ3) is 2.79. The fourth-order valence-electron chi connectivity index (χ4n) is 3.79. The first-order valence-corrected chi connectivity index (χ1v) is 8.26. The number of likely N-dealkylation sites (tertiary alicyclic amines) is 2. The Labute approximate surface area is 140 Å². The molecule has 2 aliphatic rings. The first kappa shape index (κ1) is 16.5. The van der Waals surface area contributed by atoms with Crippen LogP contribution in [0.15, 0.2) is 16.9 Å². The van der Waals surface area contributed by atoms with Crippen LogP contribution in [-0.4, -0.2) is 58.0 Å². The van der Waals surface area contributed by atoms with E-state index in [0.717, 1.165) is 19.0 Å². The Bertz CT molecular complexity index is 732. The molecule has 0 unspecified atom stereocenters. The molecule has 0 bridgehead atoms. The van der Waals surface area contributed by atoms with Crippen molar-refractivity contribution in [1.29, 1.82) is 0 Å². The molecule has 1 aromatic heterocycles. The molecule has 2 fully saturated rings. The topological polar surface area (TPSA) is 82.8 Å². The van der Waals surface area contributed by atoms with Crippen molar-refractivity contribution >= 4 is 11.8 Å². The predicted octanol–water partition coefficient (Wildman–Crippen LogP) is 0.333. The standard InChI is InChI=1S/C17H23N3O4/c1-12-9-13(21)10-14(22)20(12)11-15(23)19-7-4-17(5-8-19)3-6-18(2)16(17)24/h9-10,21H,3-8,11H2,1-2H3. The van der Waals surface area contributed by atoms with Crippen LogP contribution in [0.2, 0.25) is 0 Å². The van der Waals surface area contributed by atoms with Gasteiger partial charge in [-0.1, -0.05) is 0 Å². The molecule has 7 heteroatoms. The van der Waals surface area contributed by atoms with Gasteiger partial charge in [-0.05, 0) is 32.3 Å². The van der Waals surface area contributed by atoms with E-state index in [-0.39, 0.29) is 35.1 Å². The summed E-state index contributed by atoms with van der Waals surface area (Å²) in [7, 11) is 1.83. The van der Waals surface area contributed by atoms with Crippen LogP contribution < -0.4 is 5.56 Å². The number of hydrogen-bond acceptors (Lipinski definition) is 4. The van der Waals surface area contributed by atoms with Gasteiger partial charge in [-0.25, -0.2) is 0 Å². The SMILES string of the molecule is Cc1cc(O)cc(=O)n1CC(=O)N1CCC2(CCN(C)C2=O)CC1. The summed E-state index contributed by atoms with van der Waals surface area (Å²) in [5.74, 6) is -0.0234. The van der Waals surface area contributed by atoms with Crippen molar-refractivity contribution in [2.24, 2.45) is 5.41 Å². The smallest absolute Gasteiger partial charge is 0.254 e. The number of aryl methyl sites for hydroxylation is 1. The summed E-state index contributed by atoms with van der Waals surface area (Å²) in [5.41, 5.74) is -0.132. The Morgan fingerprint density at radius 3 is 2.33 bits per heavy atom. The number of rotatable bonds is 2. The van der Waals surface area contributed by atoms with Crippen molar-refractivity contribution in [3.8, 4) is 5.75 Å². The molecule has 0 aromatic carbocycles. The van der Waals surface area contributed by atoms with Gasteiger partial charge in [-0.15, -0.1) is 0 Å². The molecule has 0 atom stereocenters. The van der Waals surface area contributed by atoms with Crippen LogP contribution in [0.25, 0.3) is 0 Å². The zero-order chi connectivity index (χ0) is 17.5. The van der Waals surface area contributed by atoms with Crippen LogP contribution in [0.3, 0.4) is 0 Å². The largest absolute Gasteiger partial charge is 0.508 e. The number of carbonyl (C=O) groups excluding carboxylic acids is 2. The summed E-state index contributed by atoms with van der Waals surface area (Å²) in [6.07, 6.45) is 2.23. The minimum absolute atomic E-state index is 0.0359. The molecule has 3 rings (SSSR count). The van der Waals surface area contributed by atoms with Crippen LogP contribution in [0.5, 0.6) is 5.75 Å². The highest BCUT2D eigenvalue weighted by Crippen LogP contribution is 2.40. The fraction of sp³-hybridized carbons (Fsp3) is 0.588. The minimum atomic E-state index is -0.387. The van der Waals surface area contributed by atoms with Gasteiger partial charge < -0.3 is 19.5 Å². The van der Waals surface area contributed by atoms with Gasteiger partial charge in [0.2, 0.25) is 11.8 Å². The van der Waals surface area contributed by atoms with E-state index in [1.807, 2.05) is 7.05 Å². The first-order valence-electron chi connectivity index (χ1n) is 8.26. The molecule has 1 spiro atoms. The Hall–Kier alpha value is -2.31. The van der Waals surface area contributed by atoms with Gasteiger partial charge in [-0.2, -0.15) is 0 Å². The molecule has 2 aliphatic heterocycles. The Morgan fingerprint density at radius 2 is 1.79 bits per heavy atom. The molecule has 7 nitrogen and oxygen atoms in total. The molecular weight excluding hydrogens is 310 g/mol. The lowest BCUT2D eigenvalue weighted by molar-refractivity contribution is -0.142. The molecule has 2 saturated heterocycles. The Kier molecular flexibility index (Phi) is 4.11. The Balaban J connectivity index is 1.66. The van der Waals surface area contributed by atoms with Crippen molar-refractivity contribution in [3.63, 3.8) is 0 Å². The fourth-order valence-corrected chi connectivity index (χ4v) is 3.79. The molecule has 0 aliphatic carbocycles. The van der Waals surface area contributed by atoms with E-state index in [0.29, 0.717) is 31.6 Å². The number of aromatic hydroxyl groups is 1. The highest BCUT2D eigenvalue weighted by molar-refractivity contribution is 5.85. The summed E-state index contributed by atoms with van der Waals surface area (Å²) >= 11 is 0. The highest BCUT2D eigenvalue weighted by Gasteiger charge is 2.47. The van der Waals surface area contributed by atoms with Gasteiger partial charge in [0.05, 0.1) is 5.41 Å². The van der Waals surface area contributed by atoms with Crippen molar-refractivity contribution < 1.29 is 14.7 Å². The highest BCUT2D eigenvalue weighted by atomic mass is 16.3. The van der Waals surface area contributed by atoms with Crippen molar-refractivity contribution in [1.82, 2.24) is 14.4 Å². The van der Waals surface area contributed by atoms with Crippen LogP contribution in [0, 0.1) is 12.3 Å². The zero-order valence-electron chi connectivity index (χ0n) is 14.1. The normalized spacial score (nSPS) is 20.0. The van der Waals surface area contributed by atoms with Gasteiger partial charge in [0.15, 0.2) is 0 Å². The molecule has 24 heavy (non-hydrogen) atoms. The summed E-state index contributed by atoms with van der Waals surface area (Å²) in [6.45, 7) is 3.53. The van der Waals surface area contributed by atoms with Gasteiger partial charge in [0, 0.05) is 38.4 Å². The van der Waals surface area contributed by atoms with E-state index in [9.17, 15) is 19.5 Å². The molecular formula is C17H23N3O4. The number of pyridine rings is 1. The molecule has 2 amide bonds. The van der Waals surface area contributed by atoms with E-state index in [2.05, 4.69) is 0 Å². The maximum Gasteiger partial charge on any atom is 0.254 e. The third-order valence-electron chi connectivity index (χ3n) is 5.41. The zero-order valence-corrected chi connectivity index (χ0v) is 14.1. The lowest BCUT2D eigenvalue weighted by Crippen LogP contribution is -2.47. The van der Waals surface area contributed by atoms with Gasteiger partial charge in [-0.3, -0.25) is 14.4 Å². The number of piperidine rings is 1. The van der Waals surface area contributed by atoms with Gasteiger partial charge >= 0.3 is 0 Å². The molecule has 0 radical (unpaired) electrons. The molecule has 1 aromatic rings. The minimum Gasteiger partial charge on any atom is -0.508 e. The second-order valence-corrected chi connectivity index (χ2v) is 6.92. The summed E-state index contributed by atoms with van der Waals surface area (Å²) in [5, 5.41) is 9.42. The van der Waals surface area contributed by atoms with Crippen LogP contribution in [-0.2, 0) is 16.1 Å². The van der Waals surface area contributed by atoms with E-state index in [1.165, 1.54) is 10.6 Å². The third-order valence-corrected chi connectivity index (χ3v) is 5.41. The van der Waals surface area contributed by atoms with Crippen molar-refractivity contribution in [3.05, 3.63) is 28.2 Å². The maximum atomic E-state index is 12.5. The number of aromatic nitrogens is 1. The lowest BCUT2D eigenvalue weighted by atomic mass is 9.77. The number of amides is 2. The average Bonchev–Trinajstić information content (AvgIpc) is 2.80. The van der Waals surface area contributed by atoms with E-state index >= 15 is 0 Å². The second-order valence-electron chi connectivity index (χ2n) is 6.92. The summed E-state index contributed by atoms with van der Waals surface area (Å²) in [4.78, 5) is 40.3. The van der Waals surface area contributed by atoms with E-state index < -0.39 is 0 Å². The summed E-state index contributed by atoms with van der Waals surface area (Å²) < 4.78 is 1.36. The number of nitrogens with zero attached hydrogens (tertiary/aromatic N) is 3. The molecule has 1 N–H and O–H groups in total. The van der Waals surface area contributed by atoms with Gasteiger partial charge in [0.25, 0.3) is 5.56 Å². The maximum absolute atomic E-state index is 12.5. The van der Waals surface area contributed by atoms with Gasteiger partial charge in [0.1, 0.15) is 12.3 Å². The van der Waals surface area contributed by atoms with E-state index in [1.54, 1.807) is 16.7 Å². The average molecular weight is 333 g/mol. The Morgan fingerprint density at radius 1 is 1.17 bits per heavy atom. The van der Waals surface area contributed by atoms with Crippen molar-refractivity contribution in [2.75, 3.05) is 26.7 Å². The number of hydrogen-bond donors (Lipinski definition) is 1. The van der Waals surface area contributed by atoms with E-state index in [4.69, 9.17) is 0 Å². The lowest BCUT2D eigenvalue weighted by Gasteiger charge is -2.37. The summed E-state index contributed by atoms with van der Waals surface area (Å²) in [6, 6.07) is 2.57. The molecule has 0 saturated carbocycles. The molecule has 130 valence electrons. The van der Waals surface area contributed by atoms with Crippen LogP contribution >= 0.6 is 0 Å². The van der Waals surface area contributed by atoms with Crippen LogP contribution in [0.1, 0.15) is 25.0 Å². The van der Waals surface area contributed by atoms with Crippen molar-refractivity contribution in [2.45, 2.75) is 32.7 Å². The molecule has 3 heterocycles. The van der Waals surface area contributed by atoms with Crippen LogP contribution in [0.4, 0.5) is 0 Å². The predicted molar refractivity (Wildman–Crippen MR) is 87.6 cm³/mol.